The van der Waals surface area contributed by atoms with Crippen LogP contribution < -0.4 is 4.74 Å². The summed E-state index contributed by atoms with van der Waals surface area (Å²) in [7, 11) is 0. The van der Waals surface area contributed by atoms with Crippen molar-refractivity contribution >= 4 is 5.78 Å². The predicted octanol–water partition coefficient (Wildman–Crippen LogP) is 2.43. The molecule has 0 heterocycles. The number of ether oxygens (including phenoxy) is 1. The summed E-state index contributed by atoms with van der Waals surface area (Å²) in [5, 5.41) is 9.84. The number of aliphatic hydroxyl groups is 1. The molecule has 0 spiro atoms. The van der Waals surface area contributed by atoms with Crippen molar-refractivity contribution in [3.05, 3.63) is 29.8 Å². The van der Waals surface area contributed by atoms with Gasteiger partial charge in [0.2, 0.25) is 0 Å². The van der Waals surface area contributed by atoms with E-state index in [1.807, 2.05) is 6.92 Å². The molecule has 16 heavy (non-hydrogen) atoms. The number of rotatable bonds is 5. The Kier molecular flexibility index (Phi) is 4.07. The number of hydrogen-bond acceptors (Lipinski definition) is 3. The Morgan fingerprint density at radius 3 is 2.31 bits per heavy atom. The molecule has 1 aromatic carbocycles. The zero-order valence-electron chi connectivity index (χ0n) is 9.99. The van der Waals surface area contributed by atoms with Gasteiger partial charge in [-0.3, -0.25) is 4.79 Å². The van der Waals surface area contributed by atoms with Crippen LogP contribution in [0.2, 0.25) is 0 Å². The second-order valence-electron chi connectivity index (χ2n) is 3.91. The molecule has 0 bridgehead atoms. The van der Waals surface area contributed by atoms with Gasteiger partial charge in [-0.1, -0.05) is 6.92 Å². The quantitative estimate of drug-likeness (QED) is 0.778. The lowest BCUT2D eigenvalue weighted by molar-refractivity contribution is 0.0390. The van der Waals surface area contributed by atoms with Gasteiger partial charge in [-0.25, -0.2) is 0 Å². The van der Waals surface area contributed by atoms with E-state index in [4.69, 9.17) is 4.74 Å². The van der Waals surface area contributed by atoms with Crippen LogP contribution in [0, 0.1) is 0 Å². The third kappa shape index (κ3) is 2.83. The molecular formula is C13H18O3. The Labute approximate surface area is 96.1 Å². The molecule has 0 aliphatic rings. The molecule has 1 rings (SSSR count). The molecule has 0 saturated heterocycles. The monoisotopic (exact) mass is 222 g/mol. The lowest BCUT2D eigenvalue weighted by atomic mass is 9.92. The van der Waals surface area contributed by atoms with Crippen LogP contribution >= 0.6 is 0 Å². The molecule has 0 aromatic heterocycles. The summed E-state index contributed by atoms with van der Waals surface area (Å²) >= 11 is 0. The minimum absolute atomic E-state index is 0.252. The number of ketones is 1. The van der Waals surface area contributed by atoms with Crippen molar-refractivity contribution in [3.8, 4) is 5.75 Å². The zero-order chi connectivity index (χ0) is 12.2. The second-order valence-corrected chi connectivity index (χ2v) is 3.91. The van der Waals surface area contributed by atoms with Gasteiger partial charge in [0.25, 0.3) is 0 Å². The Morgan fingerprint density at radius 2 is 1.88 bits per heavy atom. The van der Waals surface area contributed by atoms with Crippen molar-refractivity contribution in [1.82, 2.24) is 0 Å². The van der Waals surface area contributed by atoms with Crippen LogP contribution in [-0.4, -0.2) is 23.1 Å². The number of hydrogen-bond donors (Lipinski definition) is 1. The van der Waals surface area contributed by atoms with Gasteiger partial charge in [-0.2, -0.15) is 0 Å². The lowest BCUT2D eigenvalue weighted by Crippen LogP contribution is -2.34. The minimum atomic E-state index is -1.28. The van der Waals surface area contributed by atoms with E-state index in [9.17, 15) is 9.90 Å². The van der Waals surface area contributed by atoms with E-state index in [-0.39, 0.29) is 5.78 Å². The summed E-state index contributed by atoms with van der Waals surface area (Å²) in [5.41, 5.74) is -0.775. The lowest BCUT2D eigenvalue weighted by Gasteiger charge is -2.19. The van der Waals surface area contributed by atoms with Gasteiger partial charge in [-0.15, -0.1) is 0 Å². The van der Waals surface area contributed by atoms with Crippen molar-refractivity contribution in [1.29, 1.82) is 0 Å². The SMILES string of the molecule is CCOc1ccc(C(=O)C(C)(O)CC)cc1. The number of carbonyl (C=O) groups is 1. The number of carbonyl (C=O) groups excluding carboxylic acids is 1. The largest absolute Gasteiger partial charge is 0.494 e. The molecule has 3 nitrogen and oxygen atoms in total. The third-order valence-electron chi connectivity index (χ3n) is 2.61. The van der Waals surface area contributed by atoms with Crippen molar-refractivity contribution in [2.75, 3.05) is 6.61 Å². The summed E-state index contributed by atoms with van der Waals surface area (Å²) in [4.78, 5) is 11.9. The van der Waals surface area contributed by atoms with Gasteiger partial charge in [0.1, 0.15) is 11.4 Å². The predicted molar refractivity (Wildman–Crippen MR) is 62.9 cm³/mol. The first-order chi connectivity index (χ1) is 7.51. The maximum atomic E-state index is 11.9. The molecule has 0 radical (unpaired) electrons. The molecule has 1 unspecified atom stereocenters. The molecule has 0 aliphatic heterocycles. The van der Waals surface area contributed by atoms with Gasteiger partial charge >= 0.3 is 0 Å². The second kappa shape index (κ2) is 5.12. The molecule has 0 aliphatic carbocycles. The molecule has 1 N–H and O–H groups in total. The normalized spacial score (nSPS) is 14.2. The Morgan fingerprint density at radius 1 is 1.31 bits per heavy atom. The van der Waals surface area contributed by atoms with Gasteiger partial charge < -0.3 is 9.84 Å². The van der Waals surface area contributed by atoms with E-state index < -0.39 is 5.60 Å². The Balaban J connectivity index is 2.86. The van der Waals surface area contributed by atoms with E-state index in [2.05, 4.69) is 0 Å². The van der Waals surface area contributed by atoms with E-state index in [0.717, 1.165) is 5.75 Å². The summed E-state index contributed by atoms with van der Waals surface area (Å²) in [6, 6.07) is 6.83. The molecule has 0 fully saturated rings. The van der Waals surface area contributed by atoms with Crippen LogP contribution in [0.5, 0.6) is 5.75 Å². The average molecular weight is 222 g/mol. The standard InChI is InChI=1S/C13H18O3/c1-4-13(3,15)12(14)10-6-8-11(9-7-10)16-5-2/h6-9,15H,4-5H2,1-3H3. The third-order valence-corrected chi connectivity index (χ3v) is 2.61. The smallest absolute Gasteiger partial charge is 0.194 e. The van der Waals surface area contributed by atoms with E-state index >= 15 is 0 Å². The van der Waals surface area contributed by atoms with Gasteiger partial charge in [0.15, 0.2) is 5.78 Å². The van der Waals surface area contributed by atoms with E-state index in [0.29, 0.717) is 18.6 Å². The van der Waals surface area contributed by atoms with Crippen LogP contribution in [0.15, 0.2) is 24.3 Å². The van der Waals surface area contributed by atoms with Crippen molar-refractivity contribution < 1.29 is 14.6 Å². The molecule has 0 saturated carbocycles. The maximum Gasteiger partial charge on any atom is 0.194 e. The van der Waals surface area contributed by atoms with Crippen molar-refractivity contribution in [2.45, 2.75) is 32.8 Å². The van der Waals surface area contributed by atoms with Gasteiger partial charge in [-0.05, 0) is 44.5 Å². The summed E-state index contributed by atoms with van der Waals surface area (Å²) < 4.78 is 5.28. The Bertz CT molecular complexity index is 352. The first-order valence-electron chi connectivity index (χ1n) is 5.51. The number of Topliss-reactive ketones (excluding diaryl/α,β-unsaturated/α-hetero) is 1. The molecule has 1 aromatic rings. The van der Waals surface area contributed by atoms with E-state index in [1.165, 1.54) is 6.92 Å². The fraction of sp³-hybridized carbons (Fsp3) is 0.462. The van der Waals surface area contributed by atoms with Crippen LogP contribution in [0.3, 0.4) is 0 Å². The van der Waals surface area contributed by atoms with Crippen molar-refractivity contribution in [3.63, 3.8) is 0 Å². The first-order valence-corrected chi connectivity index (χ1v) is 5.51. The molecular weight excluding hydrogens is 204 g/mol. The fourth-order valence-electron chi connectivity index (χ4n) is 1.34. The van der Waals surface area contributed by atoms with E-state index in [1.54, 1.807) is 31.2 Å². The summed E-state index contributed by atoms with van der Waals surface area (Å²) in [6.07, 6.45) is 0.402. The topological polar surface area (TPSA) is 46.5 Å². The molecule has 1 atom stereocenters. The minimum Gasteiger partial charge on any atom is -0.494 e. The highest BCUT2D eigenvalue weighted by atomic mass is 16.5. The van der Waals surface area contributed by atoms with Crippen LogP contribution in [-0.2, 0) is 0 Å². The average Bonchev–Trinajstić information content (AvgIpc) is 2.29. The van der Waals surface area contributed by atoms with Crippen LogP contribution in [0.4, 0.5) is 0 Å². The molecule has 0 amide bonds. The highest BCUT2D eigenvalue weighted by Crippen LogP contribution is 2.19. The van der Waals surface area contributed by atoms with Gasteiger partial charge in [0.05, 0.1) is 6.61 Å². The highest BCUT2D eigenvalue weighted by Gasteiger charge is 2.28. The number of benzene rings is 1. The van der Waals surface area contributed by atoms with Crippen LogP contribution in [0.1, 0.15) is 37.6 Å². The van der Waals surface area contributed by atoms with Crippen molar-refractivity contribution in [2.24, 2.45) is 0 Å². The van der Waals surface area contributed by atoms with Gasteiger partial charge in [0, 0.05) is 5.56 Å². The zero-order valence-corrected chi connectivity index (χ0v) is 9.99. The maximum absolute atomic E-state index is 11.9. The summed E-state index contributed by atoms with van der Waals surface area (Å²) in [5.74, 6) is 0.480. The summed E-state index contributed by atoms with van der Waals surface area (Å²) in [6.45, 7) is 5.82. The van der Waals surface area contributed by atoms with Crippen LogP contribution in [0.25, 0.3) is 0 Å². The highest BCUT2D eigenvalue weighted by molar-refractivity contribution is 6.02. The Hall–Kier alpha value is -1.35. The fourth-order valence-corrected chi connectivity index (χ4v) is 1.34. The molecule has 88 valence electrons. The molecule has 3 heteroatoms. The first kappa shape index (κ1) is 12.7.